The lowest BCUT2D eigenvalue weighted by molar-refractivity contribution is -0.485. The van der Waals surface area contributed by atoms with Crippen molar-refractivity contribution in [3.8, 4) is 0 Å². The topological polar surface area (TPSA) is 95.7 Å². The van der Waals surface area contributed by atoms with E-state index in [9.17, 15) is 24.1 Å². The Kier molecular flexibility index (Phi) is 5.50. The minimum Gasteiger partial charge on any atom is -0.466 e. The number of hydrogen-bond donors (Lipinski definition) is 0. The molecule has 0 radical (unpaired) electrons. The Hall–Kier alpha value is -2.58. The highest BCUT2D eigenvalue weighted by atomic mass is 19.1. The van der Waals surface area contributed by atoms with Crippen molar-refractivity contribution in [1.29, 1.82) is 0 Å². The average molecular weight is 317 g/mol. The number of halogens is 2. The monoisotopic (exact) mass is 317 g/mol. The van der Waals surface area contributed by atoms with Crippen molar-refractivity contribution in [3.63, 3.8) is 0 Å². The fourth-order valence-corrected chi connectivity index (χ4v) is 1.97. The van der Waals surface area contributed by atoms with Gasteiger partial charge in [0, 0.05) is 4.92 Å². The van der Waals surface area contributed by atoms with E-state index in [1.165, 1.54) is 0 Å². The molecule has 1 rings (SSSR count). The molecule has 22 heavy (non-hydrogen) atoms. The molecule has 0 heterocycles. The molecule has 0 N–H and O–H groups in total. The summed E-state index contributed by atoms with van der Waals surface area (Å²) in [5, 5.41) is 10.8. The molecule has 0 fully saturated rings. The van der Waals surface area contributed by atoms with E-state index in [1.807, 2.05) is 0 Å². The molecule has 9 heteroatoms. The molecule has 0 aliphatic rings. The maximum atomic E-state index is 15.0. The predicted octanol–water partition coefficient (Wildman–Crippen LogP) is 1.24. The largest absolute Gasteiger partial charge is 0.466 e. The fraction of sp³-hybridized carbons (Fsp3) is 0.385. The van der Waals surface area contributed by atoms with Crippen molar-refractivity contribution >= 4 is 11.9 Å². The standard InChI is InChI=1S/C13H13F2NO6/c1-21-11(17)13(15,12(18)22-2)10(7-16(19)20)8-3-5-9(14)6-4-8/h3-6,10H,7H2,1-2H3/t10-/m1/s1. The van der Waals surface area contributed by atoms with Gasteiger partial charge in [-0.05, 0) is 17.7 Å². The number of rotatable bonds is 6. The molecule has 1 atom stereocenters. The van der Waals surface area contributed by atoms with Crippen LogP contribution >= 0.6 is 0 Å². The number of nitro groups is 1. The van der Waals surface area contributed by atoms with Crippen LogP contribution < -0.4 is 0 Å². The SMILES string of the molecule is COC(=O)C(F)(C(=O)OC)[C@H](C[N+](=O)[O-])c1ccc(F)cc1. The molecule has 1 aromatic carbocycles. The number of nitrogens with zero attached hydrogens (tertiary/aromatic N) is 1. The van der Waals surface area contributed by atoms with E-state index in [1.54, 1.807) is 0 Å². The molecule has 1 aromatic rings. The second-order valence-electron chi connectivity index (χ2n) is 4.31. The normalized spacial score (nSPS) is 12.4. The predicted molar refractivity (Wildman–Crippen MR) is 68.9 cm³/mol. The molecule has 120 valence electrons. The molecule has 0 amide bonds. The van der Waals surface area contributed by atoms with Gasteiger partial charge in [0.1, 0.15) is 11.7 Å². The Morgan fingerprint density at radius 2 is 1.68 bits per heavy atom. The van der Waals surface area contributed by atoms with Crippen molar-refractivity contribution in [2.75, 3.05) is 20.8 Å². The third kappa shape index (κ3) is 3.35. The van der Waals surface area contributed by atoms with E-state index < -0.39 is 40.8 Å². The minimum absolute atomic E-state index is 0.114. The van der Waals surface area contributed by atoms with Crippen molar-refractivity contribution in [3.05, 3.63) is 45.8 Å². The first-order valence-electron chi connectivity index (χ1n) is 6.00. The van der Waals surface area contributed by atoms with E-state index in [2.05, 4.69) is 9.47 Å². The number of hydrogen-bond acceptors (Lipinski definition) is 6. The summed E-state index contributed by atoms with van der Waals surface area (Å²) >= 11 is 0. The van der Waals surface area contributed by atoms with Gasteiger partial charge in [-0.15, -0.1) is 0 Å². The van der Waals surface area contributed by atoms with Gasteiger partial charge in [-0.25, -0.2) is 18.4 Å². The van der Waals surface area contributed by atoms with Gasteiger partial charge in [-0.1, -0.05) is 12.1 Å². The summed E-state index contributed by atoms with van der Waals surface area (Å²) in [6, 6.07) is 3.95. The second-order valence-corrected chi connectivity index (χ2v) is 4.31. The molecule has 0 saturated carbocycles. The molecule has 0 saturated heterocycles. The highest BCUT2D eigenvalue weighted by Gasteiger charge is 2.58. The van der Waals surface area contributed by atoms with Gasteiger partial charge in [0.25, 0.3) is 0 Å². The Bertz CT molecular complexity index is 558. The number of ether oxygens (including phenoxy) is 2. The van der Waals surface area contributed by atoms with Crippen LogP contribution in [0.3, 0.4) is 0 Å². The van der Waals surface area contributed by atoms with Gasteiger partial charge in [0.2, 0.25) is 6.54 Å². The van der Waals surface area contributed by atoms with Crippen LogP contribution in [-0.4, -0.2) is 43.3 Å². The summed E-state index contributed by atoms with van der Waals surface area (Å²) in [5.74, 6) is -5.75. The number of alkyl halides is 1. The first-order chi connectivity index (χ1) is 10.3. The zero-order valence-electron chi connectivity index (χ0n) is 11.7. The summed E-state index contributed by atoms with van der Waals surface area (Å²) < 4.78 is 36.5. The molecule has 0 aromatic heterocycles. The van der Waals surface area contributed by atoms with E-state index in [4.69, 9.17) is 0 Å². The van der Waals surface area contributed by atoms with Crippen LogP contribution in [0.15, 0.2) is 24.3 Å². The van der Waals surface area contributed by atoms with Crippen LogP contribution in [0.4, 0.5) is 8.78 Å². The average Bonchev–Trinajstić information content (AvgIpc) is 2.50. The molecule has 0 spiro atoms. The number of methoxy groups -OCH3 is 2. The first kappa shape index (κ1) is 17.5. The molecular formula is C13H13F2NO6. The Labute approximate surface area is 124 Å². The molecule has 0 aliphatic heterocycles. The van der Waals surface area contributed by atoms with Crippen molar-refractivity contribution < 1.29 is 32.8 Å². The van der Waals surface area contributed by atoms with Gasteiger partial charge < -0.3 is 9.47 Å². The Morgan fingerprint density at radius 1 is 1.23 bits per heavy atom. The summed E-state index contributed by atoms with van der Waals surface area (Å²) in [4.78, 5) is 33.3. The third-order valence-corrected chi connectivity index (χ3v) is 3.05. The molecule has 0 bridgehead atoms. The molecule has 7 nitrogen and oxygen atoms in total. The number of esters is 2. The highest BCUT2D eigenvalue weighted by molar-refractivity contribution is 6.04. The van der Waals surface area contributed by atoms with Crippen LogP contribution in [-0.2, 0) is 19.1 Å². The lowest BCUT2D eigenvalue weighted by Crippen LogP contribution is -2.51. The van der Waals surface area contributed by atoms with E-state index in [-0.39, 0.29) is 5.56 Å². The van der Waals surface area contributed by atoms with Gasteiger partial charge >= 0.3 is 17.6 Å². The summed E-state index contributed by atoms with van der Waals surface area (Å²) in [7, 11) is 1.65. The van der Waals surface area contributed by atoms with Gasteiger partial charge in [-0.2, -0.15) is 0 Å². The Balaban J connectivity index is 3.44. The lowest BCUT2D eigenvalue weighted by atomic mass is 9.83. The summed E-state index contributed by atoms with van der Waals surface area (Å²) in [6.07, 6.45) is 0. The quantitative estimate of drug-likeness (QED) is 0.339. The van der Waals surface area contributed by atoms with Crippen molar-refractivity contribution in [2.45, 2.75) is 11.6 Å². The van der Waals surface area contributed by atoms with E-state index >= 15 is 4.39 Å². The van der Waals surface area contributed by atoms with Crippen LogP contribution in [0.1, 0.15) is 11.5 Å². The van der Waals surface area contributed by atoms with Gasteiger partial charge in [0.05, 0.1) is 14.2 Å². The zero-order valence-corrected chi connectivity index (χ0v) is 11.7. The second kappa shape index (κ2) is 6.92. The van der Waals surface area contributed by atoms with Crippen LogP contribution in [0, 0.1) is 15.9 Å². The van der Waals surface area contributed by atoms with E-state index in [0.29, 0.717) is 0 Å². The number of benzene rings is 1. The first-order valence-corrected chi connectivity index (χ1v) is 6.00. The highest BCUT2D eigenvalue weighted by Crippen LogP contribution is 2.35. The maximum Gasteiger partial charge on any atom is 0.356 e. The zero-order chi connectivity index (χ0) is 16.9. The lowest BCUT2D eigenvalue weighted by Gasteiger charge is -2.26. The fourth-order valence-electron chi connectivity index (χ4n) is 1.97. The van der Waals surface area contributed by atoms with Crippen molar-refractivity contribution in [2.24, 2.45) is 0 Å². The van der Waals surface area contributed by atoms with Gasteiger partial charge in [-0.3, -0.25) is 10.1 Å². The molecule has 0 unspecified atom stereocenters. The van der Waals surface area contributed by atoms with Crippen LogP contribution in [0.5, 0.6) is 0 Å². The third-order valence-electron chi connectivity index (χ3n) is 3.05. The van der Waals surface area contributed by atoms with Crippen molar-refractivity contribution in [1.82, 2.24) is 0 Å². The number of carbonyl (C=O) groups is 2. The smallest absolute Gasteiger partial charge is 0.356 e. The molecular weight excluding hydrogens is 304 g/mol. The summed E-state index contributed by atoms with van der Waals surface area (Å²) in [5.41, 5.74) is -3.54. The van der Waals surface area contributed by atoms with E-state index in [0.717, 1.165) is 38.5 Å². The van der Waals surface area contributed by atoms with Gasteiger partial charge in [0.15, 0.2) is 0 Å². The Morgan fingerprint density at radius 3 is 2.05 bits per heavy atom. The van der Waals surface area contributed by atoms with Crippen LogP contribution in [0.25, 0.3) is 0 Å². The maximum absolute atomic E-state index is 15.0. The van der Waals surface area contributed by atoms with Crippen LogP contribution in [0.2, 0.25) is 0 Å². The minimum atomic E-state index is -3.42. The summed E-state index contributed by atoms with van der Waals surface area (Å²) in [6.45, 7) is -1.09. The number of carbonyl (C=O) groups excluding carboxylic acids is 2. The molecule has 0 aliphatic carbocycles.